The molecule has 1 amide bonds. The number of rotatable bonds is 5. The van der Waals surface area contributed by atoms with Gasteiger partial charge in [-0.1, -0.05) is 54.1 Å². The van der Waals surface area contributed by atoms with E-state index in [-0.39, 0.29) is 11.9 Å². The first-order chi connectivity index (χ1) is 13.2. The Morgan fingerprint density at radius 1 is 1.07 bits per heavy atom. The molecular formula is C22H22ClN2OS+. The van der Waals surface area contributed by atoms with Crippen molar-refractivity contribution in [2.45, 2.75) is 19.0 Å². The van der Waals surface area contributed by atoms with E-state index in [1.807, 2.05) is 12.1 Å². The van der Waals surface area contributed by atoms with Gasteiger partial charge in [-0.05, 0) is 29.1 Å². The van der Waals surface area contributed by atoms with E-state index >= 15 is 0 Å². The summed E-state index contributed by atoms with van der Waals surface area (Å²) < 4.78 is 0. The second-order valence-electron chi connectivity index (χ2n) is 6.86. The molecule has 0 radical (unpaired) electrons. The maximum atomic E-state index is 12.6. The van der Waals surface area contributed by atoms with Gasteiger partial charge in [0.2, 0.25) is 0 Å². The molecule has 0 fully saturated rings. The van der Waals surface area contributed by atoms with Crippen molar-refractivity contribution >= 4 is 28.8 Å². The van der Waals surface area contributed by atoms with Crippen LogP contribution in [0.5, 0.6) is 0 Å². The summed E-state index contributed by atoms with van der Waals surface area (Å²) in [5, 5.41) is 5.71. The highest BCUT2D eigenvalue weighted by Crippen LogP contribution is 2.20. The summed E-state index contributed by atoms with van der Waals surface area (Å²) in [7, 11) is 0. The fourth-order valence-corrected chi connectivity index (χ4v) is 4.88. The Morgan fingerprint density at radius 2 is 1.85 bits per heavy atom. The number of carbonyl (C=O) groups is 1. The van der Waals surface area contributed by atoms with E-state index in [1.54, 1.807) is 23.5 Å². The van der Waals surface area contributed by atoms with Crippen LogP contribution in [0, 0.1) is 0 Å². The fraction of sp³-hybridized carbons (Fsp3) is 0.227. The van der Waals surface area contributed by atoms with Gasteiger partial charge in [-0.3, -0.25) is 4.79 Å². The highest BCUT2D eigenvalue weighted by molar-refractivity contribution is 7.10. The average molecular weight is 398 g/mol. The van der Waals surface area contributed by atoms with Crippen LogP contribution in [0.4, 0.5) is 0 Å². The average Bonchev–Trinajstić information content (AvgIpc) is 3.23. The molecular weight excluding hydrogens is 376 g/mol. The third-order valence-electron chi connectivity index (χ3n) is 5.22. The smallest absolute Gasteiger partial charge is 0.253 e. The molecule has 1 aliphatic heterocycles. The van der Waals surface area contributed by atoms with Gasteiger partial charge in [0.25, 0.3) is 5.91 Å². The predicted octanol–water partition coefficient (Wildman–Crippen LogP) is 3.51. The first kappa shape index (κ1) is 18.2. The standard InChI is InChI=1S/C22H21ClN2OS/c23-19-9-4-3-8-18(19)22(26)24-14-20(21-10-5-13-27-21)25-12-11-16-6-1-2-7-17(16)15-25/h1-10,13,20H,11-12,14-15H2,(H,24,26)/p+1/t20-/m1/s1. The van der Waals surface area contributed by atoms with Gasteiger partial charge in [0, 0.05) is 12.0 Å². The molecule has 2 heterocycles. The molecule has 2 atom stereocenters. The predicted molar refractivity (Wildman–Crippen MR) is 111 cm³/mol. The van der Waals surface area contributed by atoms with Crippen LogP contribution in [-0.2, 0) is 13.0 Å². The highest BCUT2D eigenvalue weighted by atomic mass is 35.5. The minimum atomic E-state index is -0.112. The summed E-state index contributed by atoms with van der Waals surface area (Å²) in [6.45, 7) is 2.66. The Kier molecular flexibility index (Phi) is 5.58. The zero-order valence-corrected chi connectivity index (χ0v) is 16.5. The van der Waals surface area contributed by atoms with Crippen molar-refractivity contribution in [2.75, 3.05) is 13.1 Å². The molecule has 0 saturated carbocycles. The SMILES string of the molecule is O=C(NC[C@H](c1cccs1)[NH+]1CCc2ccccc2C1)c1ccccc1Cl. The Balaban J connectivity index is 1.51. The maximum Gasteiger partial charge on any atom is 0.253 e. The topological polar surface area (TPSA) is 33.5 Å². The van der Waals surface area contributed by atoms with Crippen LogP contribution in [0.15, 0.2) is 66.0 Å². The third-order valence-corrected chi connectivity index (χ3v) is 6.53. The van der Waals surface area contributed by atoms with Crippen LogP contribution >= 0.6 is 22.9 Å². The maximum absolute atomic E-state index is 12.6. The molecule has 0 aliphatic carbocycles. The van der Waals surface area contributed by atoms with Crippen molar-refractivity contribution in [1.82, 2.24) is 5.32 Å². The number of hydrogen-bond donors (Lipinski definition) is 2. The first-order valence-corrected chi connectivity index (χ1v) is 10.5. The van der Waals surface area contributed by atoms with Crippen molar-refractivity contribution in [3.8, 4) is 0 Å². The molecule has 0 bridgehead atoms. The quantitative estimate of drug-likeness (QED) is 0.678. The van der Waals surface area contributed by atoms with Crippen LogP contribution in [-0.4, -0.2) is 19.0 Å². The normalized spacial score (nSPS) is 17.1. The number of quaternary nitrogens is 1. The van der Waals surface area contributed by atoms with Gasteiger partial charge in [0.05, 0.1) is 28.6 Å². The number of fused-ring (bicyclic) bond motifs is 1. The second kappa shape index (κ2) is 8.26. The van der Waals surface area contributed by atoms with Crippen molar-refractivity contribution in [3.63, 3.8) is 0 Å². The molecule has 1 aliphatic rings. The summed E-state index contributed by atoms with van der Waals surface area (Å²) in [5.74, 6) is -0.112. The van der Waals surface area contributed by atoms with E-state index in [4.69, 9.17) is 11.6 Å². The summed E-state index contributed by atoms with van der Waals surface area (Å²) in [6, 6.07) is 20.4. The summed E-state index contributed by atoms with van der Waals surface area (Å²) in [4.78, 5) is 15.4. The largest absolute Gasteiger partial charge is 0.346 e. The van der Waals surface area contributed by atoms with Crippen molar-refractivity contribution in [3.05, 3.63) is 92.6 Å². The lowest BCUT2D eigenvalue weighted by Crippen LogP contribution is -3.12. The van der Waals surface area contributed by atoms with Gasteiger partial charge in [-0.2, -0.15) is 0 Å². The lowest BCUT2D eigenvalue weighted by Gasteiger charge is -2.32. The van der Waals surface area contributed by atoms with Gasteiger partial charge in [0.15, 0.2) is 0 Å². The fourth-order valence-electron chi connectivity index (χ4n) is 3.77. The highest BCUT2D eigenvalue weighted by Gasteiger charge is 2.29. The number of amides is 1. The molecule has 27 heavy (non-hydrogen) atoms. The number of thiophene rings is 1. The minimum absolute atomic E-state index is 0.112. The Hall–Kier alpha value is -2.14. The number of hydrogen-bond acceptors (Lipinski definition) is 2. The monoisotopic (exact) mass is 397 g/mol. The molecule has 3 aromatic rings. The molecule has 1 unspecified atom stereocenters. The van der Waals surface area contributed by atoms with Crippen LogP contribution in [0.25, 0.3) is 0 Å². The molecule has 2 N–H and O–H groups in total. The van der Waals surface area contributed by atoms with Crippen LogP contribution in [0.2, 0.25) is 5.02 Å². The Morgan fingerprint density at radius 3 is 2.63 bits per heavy atom. The van der Waals surface area contributed by atoms with E-state index in [2.05, 4.69) is 47.1 Å². The molecule has 4 rings (SSSR count). The van der Waals surface area contributed by atoms with Crippen LogP contribution < -0.4 is 10.2 Å². The van der Waals surface area contributed by atoms with Crippen LogP contribution in [0.3, 0.4) is 0 Å². The van der Waals surface area contributed by atoms with Gasteiger partial charge < -0.3 is 10.2 Å². The molecule has 0 saturated heterocycles. The van der Waals surface area contributed by atoms with E-state index in [0.29, 0.717) is 17.1 Å². The van der Waals surface area contributed by atoms with Gasteiger partial charge in [0.1, 0.15) is 12.6 Å². The second-order valence-corrected chi connectivity index (χ2v) is 8.25. The van der Waals surface area contributed by atoms with Gasteiger partial charge in [-0.25, -0.2) is 0 Å². The zero-order chi connectivity index (χ0) is 18.6. The Bertz CT molecular complexity index is 926. The molecule has 0 spiro atoms. The van der Waals surface area contributed by atoms with Crippen molar-refractivity contribution in [1.29, 1.82) is 0 Å². The molecule has 2 aromatic carbocycles. The summed E-state index contributed by atoms with van der Waals surface area (Å²) in [5.41, 5.74) is 3.40. The molecule has 5 heteroatoms. The van der Waals surface area contributed by atoms with E-state index in [9.17, 15) is 4.79 Å². The van der Waals surface area contributed by atoms with Crippen molar-refractivity contribution in [2.24, 2.45) is 0 Å². The van der Waals surface area contributed by atoms with Gasteiger partial charge >= 0.3 is 0 Å². The molecule has 3 nitrogen and oxygen atoms in total. The number of halogens is 1. The summed E-state index contributed by atoms with van der Waals surface area (Å²) >= 11 is 7.93. The van der Waals surface area contributed by atoms with E-state index in [0.717, 1.165) is 19.5 Å². The summed E-state index contributed by atoms with van der Waals surface area (Å²) in [6.07, 6.45) is 1.08. The van der Waals surface area contributed by atoms with E-state index in [1.165, 1.54) is 20.9 Å². The third kappa shape index (κ3) is 4.08. The number of benzene rings is 2. The molecule has 138 valence electrons. The first-order valence-electron chi connectivity index (χ1n) is 9.20. The lowest BCUT2D eigenvalue weighted by atomic mass is 9.98. The Labute approximate surface area is 168 Å². The van der Waals surface area contributed by atoms with Crippen molar-refractivity contribution < 1.29 is 9.69 Å². The lowest BCUT2D eigenvalue weighted by molar-refractivity contribution is -0.945. The molecule has 1 aromatic heterocycles. The number of carbonyl (C=O) groups excluding carboxylic acids is 1. The minimum Gasteiger partial charge on any atom is -0.346 e. The van der Waals surface area contributed by atoms with Gasteiger partial charge in [-0.15, -0.1) is 11.3 Å². The van der Waals surface area contributed by atoms with E-state index < -0.39 is 0 Å². The number of nitrogens with one attached hydrogen (secondary N) is 2. The zero-order valence-electron chi connectivity index (χ0n) is 15.0. The van der Waals surface area contributed by atoms with Crippen LogP contribution in [0.1, 0.15) is 32.4 Å².